The summed E-state index contributed by atoms with van der Waals surface area (Å²) >= 11 is 6.09. The number of methoxy groups -OCH3 is 2. The Morgan fingerprint density at radius 1 is 0.971 bits per heavy atom. The van der Waals surface area contributed by atoms with Crippen LogP contribution in [0.1, 0.15) is 20.7 Å². The van der Waals surface area contributed by atoms with Crippen LogP contribution in [0, 0.1) is 0 Å². The van der Waals surface area contributed by atoms with Gasteiger partial charge in [0.15, 0.2) is 0 Å². The summed E-state index contributed by atoms with van der Waals surface area (Å²) < 4.78 is 16.5. The molecule has 34 heavy (non-hydrogen) atoms. The number of benzene rings is 3. The van der Waals surface area contributed by atoms with Crippen molar-refractivity contribution < 1.29 is 28.6 Å². The third-order valence-corrected chi connectivity index (χ3v) is 5.19. The first-order valence-electron chi connectivity index (χ1n) is 10.0. The van der Waals surface area contributed by atoms with Crippen LogP contribution in [0.3, 0.4) is 0 Å². The number of hydrogen-bond acceptors (Lipinski definition) is 6. The second-order valence-corrected chi connectivity index (χ2v) is 7.57. The number of ether oxygens (including phenoxy) is 2. The third-order valence-electron chi connectivity index (χ3n) is 4.95. The molecule has 4 rings (SSSR count). The van der Waals surface area contributed by atoms with Crippen LogP contribution in [0.2, 0.25) is 5.02 Å². The first kappa shape index (κ1) is 22.9. The van der Waals surface area contributed by atoms with Crippen LogP contribution in [0.5, 0.6) is 11.5 Å². The number of fused-ring (bicyclic) bond motifs is 1. The fourth-order valence-electron chi connectivity index (χ4n) is 3.24. The molecule has 1 amide bonds. The largest absolute Gasteiger partial charge is 0.497 e. The summed E-state index contributed by atoms with van der Waals surface area (Å²) in [4.78, 5) is 28.9. The Hall–Kier alpha value is -4.30. The van der Waals surface area contributed by atoms with Gasteiger partial charge in [0.2, 0.25) is 5.55 Å². The molecular formula is C25H19ClN2O6. The first-order chi connectivity index (χ1) is 16.4. The molecule has 2 N–H and O–H groups in total. The number of amides is 1. The lowest BCUT2D eigenvalue weighted by molar-refractivity contribution is 0.0696. The Bertz CT molecular complexity index is 1460. The molecule has 0 saturated carbocycles. The number of rotatable bonds is 6. The van der Waals surface area contributed by atoms with Crippen molar-refractivity contribution in [2.45, 2.75) is 0 Å². The lowest BCUT2D eigenvalue weighted by Gasteiger charge is -2.11. The van der Waals surface area contributed by atoms with Crippen LogP contribution in [0.15, 0.2) is 76.1 Å². The van der Waals surface area contributed by atoms with Crippen LogP contribution in [0.25, 0.3) is 11.0 Å². The highest BCUT2D eigenvalue weighted by molar-refractivity contribution is 6.31. The Kier molecular flexibility index (Phi) is 6.51. The number of nitrogens with zero attached hydrogens (tertiary/aromatic N) is 1. The molecule has 0 aliphatic carbocycles. The Labute approximate surface area is 199 Å². The standard InChI is InChI=1S/C25H19ClN2O6/c1-32-18-8-10-21-15(11-18)12-19(23(29)28-20-13-16(26)5-9-22(20)33-2)24(34-21)27-17-6-3-14(4-7-17)25(30)31/h3-13H,1-2H3,(H,28,29)(H,30,31). The molecule has 0 saturated heterocycles. The zero-order valence-electron chi connectivity index (χ0n) is 18.2. The van der Waals surface area contributed by atoms with Crippen LogP contribution < -0.4 is 20.3 Å². The van der Waals surface area contributed by atoms with E-state index in [9.17, 15) is 9.59 Å². The highest BCUT2D eigenvalue weighted by Crippen LogP contribution is 2.28. The van der Waals surface area contributed by atoms with Gasteiger partial charge >= 0.3 is 5.97 Å². The van der Waals surface area contributed by atoms with Gasteiger partial charge in [0.25, 0.3) is 5.91 Å². The van der Waals surface area contributed by atoms with Crippen LogP contribution >= 0.6 is 11.6 Å². The van der Waals surface area contributed by atoms with Crippen molar-refractivity contribution in [2.24, 2.45) is 4.99 Å². The minimum absolute atomic E-state index is 0.0410. The third kappa shape index (κ3) is 4.87. The average molecular weight is 479 g/mol. The predicted octanol–water partition coefficient (Wildman–Crippen LogP) is 5.29. The predicted molar refractivity (Wildman–Crippen MR) is 127 cm³/mol. The summed E-state index contributed by atoms with van der Waals surface area (Å²) in [6.45, 7) is 0. The van der Waals surface area contributed by atoms with Crippen molar-refractivity contribution in [2.75, 3.05) is 19.5 Å². The number of nitrogens with one attached hydrogen (secondary N) is 1. The minimum atomic E-state index is -1.05. The number of carboxylic acid groups (broad SMARTS) is 1. The molecule has 0 bridgehead atoms. The molecule has 0 radical (unpaired) electrons. The number of halogens is 1. The normalized spacial score (nSPS) is 11.3. The van der Waals surface area contributed by atoms with E-state index in [0.717, 1.165) is 0 Å². The summed E-state index contributed by atoms with van der Waals surface area (Å²) in [6.07, 6.45) is 0. The van der Waals surface area contributed by atoms with Gasteiger partial charge in [-0.05, 0) is 66.7 Å². The van der Waals surface area contributed by atoms with Gasteiger partial charge in [-0.3, -0.25) is 4.79 Å². The van der Waals surface area contributed by atoms with Crippen LogP contribution in [-0.2, 0) is 0 Å². The molecule has 0 aliphatic rings. The van der Waals surface area contributed by atoms with Crippen molar-refractivity contribution in [1.29, 1.82) is 0 Å². The summed E-state index contributed by atoms with van der Waals surface area (Å²) in [6, 6.07) is 17.6. The fraction of sp³-hybridized carbons (Fsp3) is 0.0800. The minimum Gasteiger partial charge on any atom is -0.497 e. The fourth-order valence-corrected chi connectivity index (χ4v) is 3.42. The lowest BCUT2D eigenvalue weighted by atomic mass is 10.1. The highest BCUT2D eigenvalue weighted by Gasteiger charge is 2.16. The average Bonchev–Trinajstić information content (AvgIpc) is 2.83. The second-order valence-electron chi connectivity index (χ2n) is 7.13. The van der Waals surface area contributed by atoms with E-state index in [2.05, 4.69) is 10.3 Å². The van der Waals surface area contributed by atoms with Gasteiger partial charge < -0.3 is 24.3 Å². The van der Waals surface area contributed by atoms with E-state index >= 15 is 0 Å². The maximum atomic E-state index is 13.3. The number of carboxylic acids is 1. The molecule has 9 heteroatoms. The molecule has 0 atom stereocenters. The molecule has 3 aromatic carbocycles. The van der Waals surface area contributed by atoms with Crippen molar-refractivity contribution in [3.05, 3.63) is 88.4 Å². The smallest absolute Gasteiger partial charge is 0.335 e. The number of carbonyl (C=O) groups is 2. The topological polar surface area (TPSA) is 110 Å². The highest BCUT2D eigenvalue weighted by atomic mass is 35.5. The molecule has 1 heterocycles. The lowest BCUT2D eigenvalue weighted by Crippen LogP contribution is -2.22. The number of anilines is 1. The summed E-state index contributed by atoms with van der Waals surface area (Å²) in [7, 11) is 3.03. The SMILES string of the molecule is COc1ccc2oc(=Nc3ccc(C(=O)O)cc3)c(C(=O)Nc3cc(Cl)ccc3OC)cc2c1. The first-order valence-corrected chi connectivity index (χ1v) is 10.4. The van der Waals surface area contributed by atoms with Crippen LogP contribution in [-0.4, -0.2) is 31.2 Å². The summed E-state index contributed by atoms with van der Waals surface area (Å²) in [5.41, 5.74) is 1.58. The number of hydrogen-bond donors (Lipinski definition) is 2. The Balaban J connectivity index is 1.85. The zero-order chi connectivity index (χ0) is 24.2. The van der Waals surface area contributed by atoms with E-state index in [1.807, 2.05) is 0 Å². The van der Waals surface area contributed by atoms with Gasteiger partial charge in [0, 0.05) is 10.4 Å². The molecule has 0 aliphatic heterocycles. The molecule has 172 valence electrons. The molecule has 4 aromatic rings. The molecule has 1 aromatic heterocycles. The van der Waals surface area contributed by atoms with Crippen molar-refractivity contribution in [3.63, 3.8) is 0 Å². The summed E-state index contributed by atoms with van der Waals surface area (Å²) in [5, 5.41) is 12.9. The van der Waals surface area contributed by atoms with Gasteiger partial charge in [-0.25, -0.2) is 9.79 Å². The molecule has 0 unspecified atom stereocenters. The molecule has 0 fully saturated rings. The van der Waals surface area contributed by atoms with Crippen molar-refractivity contribution in [1.82, 2.24) is 0 Å². The zero-order valence-corrected chi connectivity index (χ0v) is 18.9. The Morgan fingerprint density at radius 2 is 1.74 bits per heavy atom. The monoisotopic (exact) mass is 478 g/mol. The van der Waals surface area contributed by atoms with Gasteiger partial charge in [0.1, 0.15) is 22.6 Å². The van der Waals surface area contributed by atoms with E-state index in [-0.39, 0.29) is 16.7 Å². The van der Waals surface area contributed by atoms with Crippen molar-refractivity contribution >= 4 is 45.8 Å². The van der Waals surface area contributed by atoms with Gasteiger partial charge in [-0.2, -0.15) is 0 Å². The van der Waals surface area contributed by atoms with E-state index in [1.165, 1.54) is 31.4 Å². The van der Waals surface area contributed by atoms with Crippen LogP contribution in [0.4, 0.5) is 11.4 Å². The van der Waals surface area contributed by atoms with Gasteiger partial charge in [-0.1, -0.05) is 11.6 Å². The van der Waals surface area contributed by atoms with E-state index < -0.39 is 11.9 Å². The van der Waals surface area contributed by atoms with Crippen molar-refractivity contribution in [3.8, 4) is 11.5 Å². The Morgan fingerprint density at radius 3 is 2.41 bits per heavy atom. The second kappa shape index (κ2) is 9.68. The number of carbonyl (C=O) groups excluding carboxylic acids is 1. The van der Waals surface area contributed by atoms with E-state index in [1.54, 1.807) is 49.6 Å². The van der Waals surface area contributed by atoms with E-state index in [4.69, 9.17) is 30.6 Å². The van der Waals surface area contributed by atoms with E-state index in [0.29, 0.717) is 38.9 Å². The summed E-state index contributed by atoms with van der Waals surface area (Å²) in [5.74, 6) is -0.527. The molecule has 0 spiro atoms. The maximum Gasteiger partial charge on any atom is 0.335 e. The molecule has 8 nitrogen and oxygen atoms in total. The molecular weight excluding hydrogens is 460 g/mol. The maximum absolute atomic E-state index is 13.3. The van der Waals surface area contributed by atoms with Gasteiger partial charge in [0.05, 0.1) is 31.2 Å². The quantitative estimate of drug-likeness (QED) is 0.390. The van der Waals surface area contributed by atoms with Gasteiger partial charge in [-0.15, -0.1) is 0 Å². The number of aromatic carboxylic acids is 1.